The first-order valence-electron chi connectivity index (χ1n) is 4.45. The Kier molecular flexibility index (Phi) is 10.5. The number of aryl methyl sites for hydroxylation is 1. The molecular formula is C9H18ClN3. The van der Waals surface area contributed by atoms with Gasteiger partial charge >= 0.3 is 0 Å². The molecule has 0 aliphatic heterocycles. The first kappa shape index (κ1) is 14.7. The largest absolute Gasteiger partial charge is 0.368 e. The van der Waals surface area contributed by atoms with Gasteiger partial charge in [0, 0.05) is 5.69 Å². The van der Waals surface area contributed by atoms with E-state index < -0.39 is 0 Å². The monoisotopic (exact) mass is 203 g/mol. The van der Waals surface area contributed by atoms with Crippen molar-refractivity contribution in [1.82, 2.24) is 9.97 Å². The predicted molar refractivity (Wildman–Crippen MR) is 58.9 cm³/mol. The summed E-state index contributed by atoms with van der Waals surface area (Å²) < 4.78 is 0. The van der Waals surface area contributed by atoms with E-state index in [1.165, 1.54) is 0 Å². The first-order valence-corrected chi connectivity index (χ1v) is 4.83. The quantitative estimate of drug-likeness (QED) is 0.660. The maximum absolute atomic E-state index is 5.52. The molecule has 0 bridgehead atoms. The van der Waals surface area contributed by atoms with E-state index in [1.54, 1.807) is 6.07 Å². The molecule has 0 unspecified atom stereocenters. The summed E-state index contributed by atoms with van der Waals surface area (Å²) >= 11 is 5.52. The van der Waals surface area contributed by atoms with Crippen molar-refractivity contribution in [3.8, 4) is 0 Å². The summed E-state index contributed by atoms with van der Waals surface area (Å²) in [7, 11) is 0. The second kappa shape index (κ2) is 9.26. The summed E-state index contributed by atoms with van der Waals surface area (Å²) in [6, 6.07) is 1.65. The Morgan fingerprint density at radius 3 is 1.92 bits per heavy atom. The third kappa shape index (κ3) is 7.53. The molecule has 0 atom stereocenters. The van der Waals surface area contributed by atoms with E-state index in [9.17, 15) is 0 Å². The van der Waals surface area contributed by atoms with Crippen LogP contribution in [0.2, 0.25) is 5.15 Å². The summed E-state index contributed by atoms with van der Waals surface area (Å²) in [5.41, 5.74) is 6.04. The molecule has 1 aromatic heterocycles. The van der Waals surface area contributed by atoms with Gasteiger partial charge < -0.3 is 5.73 Å². The van der Waals surface area contributed by atoms with Crippen LogP contribution in [0.15, 0.2) is 6.07 Å². The second-order valence-electron chi connectivity index (χ2n) is 1.69. The van der Waals surface area contributed by atoms with E-state index in [1.807, 2.05) is 34.6 Å². The highest BCUT2D eigenvalue weighted by Gasteiger charge is 1.92. The second-order valence-corrected chi connectivity index (χ2v) is 2.08. The van der Waals surface area contributed by atoms with E-state index in [4.69, 9.17) is 17.3 Å². The molecule has 1 heterocycles. The third-order valence-electron chi connectivity index (χ3n) is 0.840. The van der Waals surface area contributed by atoms with E-state index in [0.29, 0.717) is 5.15 Å². The average molecular weight is 204 g/mol. The Morgan fingerprint density at radius 2 is 1.62 bits per heavy atom. The van der Waals surface area contributed by atoms with Crippen LogP contribution in [0.4, 0.5) is 5.95 Å². The van der Waals surface area contributed by atoms with Crippen LogP contribution in [0.3, 0.4) is 0 Å². The number of halogens is 1. The topological polar surface area (TPSA) is 51.8 Å². The van der Waals surface area contributed by atoms with Gasteiger partial charge in [0.1, 0.15) is 5.15 Å². The smallest absolute Gasteiger partial charge is 0.221 e. The molecule has 1 aromatic rings. The van der Waals surface area contributed by atoms with Gasteiger partial charge in [0.25, 0.3) is 0 Å². The number of hydrogen-bond donors (Lipinski definition) is 1. The van der Waals surface area contributed by atoms with E-state index in [-0.39, 0.29) is 5.95 Å². The lowest BCUT2D eigenvalue weighted by Gasteiger charge is -1.93. The molecular weight excluding hydrogens is 186 g/mol. The number of aromatic nitrogens is 2. The molecule has 0 saturated carbocycles. The van der Waals surface area contributed by atoms with Crippen molar-refractivity contribution in [2.45, 2.75) is 34.6 Å². The van der Waals surface area contributed by atoms with Crippen molar-refractivity contribution in [2.75, 3.05) is 5.73 Å². The number of nitrogens with two attached hydrogens (primary N) is 1. The molecule has 3 nitrogen and oxygen atoms in total. The minimum absolute atomic E-state index is 0.222. The van der Waals surface area contributed by atoms with Crippen molar-refractivity contribution in [2.24, 2.45) is 0 Å². The fourth-order valence-electron chi connectivity index (χ4n) is 0.552. The fraction of sp³-hybridized carbons (Fsp3) is 0.556. The molecule has 0 spiro atoms. The SMILES string of the molecule is CC.CC.Cc1cc(Cl)nc(N)n1. The highest BCUT2D eigenvalue weighted by atomic mass is 35.5. The summed E-state index contributed by atoms with van der Waals surface area (Å²) in [6.45, 7) is 9.81. The number of rotatable bonds is 0. The molecule has 0 radical (unpaired) electrons. The van der Waals surface area contributed by atoms with Gasteiger partial charge in [-0.15, -0.1) is 0 Å². The number of hydrogen-bond acceptors (Lipinski definition) is 3. The number of nitrogens with zero attached hydrogens (tertiary/aromatic N) is 2. The Hall–Kier alpha value is -0.830. The van der Waals surface area contributed by atoms with Crippen LogP contribution < -0.4 is 5.73 Å². The summed E-state index contributed by atoms with van der Waals surface area (Å²) in [5.74, 6) is 0.222. The van der Waals surface area contributed by atoms with Gasteiger partial charge in [-0.1, -0.05) is 39.3 Å². The Bertz CT molecular complexity index is 176. The van der Waals surface area contributed by atoms with Crippen LogP contribution in [-0.4, -0.2) is 9.97 Å². The molecule has 0 saturated heterocycles. The minimum atomic E-state index is 0.222. The van der Waals surface area contributed by atoms with Crippen molar-refractivity contribution >= 4 is 17.5 Å². The van der Waals surface area contributed by atoms with Crippen LogP contribution >= 0.6 is 11.6 Å². The molecule has 2 N–H and O–H groups in total. The Balaban J connectivity index is 0. The lowest BCUT2D eigenvalue weighted by Crippen LogP contribution is -1.95. The van der Waals surface area contributed by atoms with Gasteiger partial charge in [0.15, 0.2) is 0 Å². The highest BCUT2D eigenvalue weighted by Crippen LogP contribution is 2.06. The maximum atomic E-state index is 5.52. The standard InChI is InChI=1S/C5H6ClN3.2C2H6/c1-3-2-4(6)9-5(7)8-3;2*1-2/h2H,1H3,(H2,7,8,9);2*1-2H3. The van der Waals surface area contributed by atoms with E-state index >= 15 is 0 Å². The summed E-state index contributed by atoms with van der Waals surface area (Å²) in [5, 5.41) is 0.389. The van der Waals surface area contributed by atoms with Crippen LogP contribution in [0.5, 0.6) is 0 Å². The molecule has 0 amide bonds. The molecule has 0 fully saturated rings. The van der Waals surface area contributed by atoms with Gasteiger partial charge in [-0.2, -0.15) is 0 Å². The van der Waals surface area contributed by atoms with Crippen molar-refractivity contribution in [3.05, 3.63) is 16.9 Å². The van der Waals surface area contributed by atoms with E-state index in [0.717, 1.165) is 5.69 Å². The molecule has 0 aliphatic carbocycles. The molecule has 76 valence electrons. The fourth-order valence-corrected chi connectivity index (χ4v) is 0.797. The van der Waals surface area contributed by atoms with Crippen LogP contribution in [0.1, 0.15) is 33.4 Å². The average Bonchev–Trinajstić information content (AvgIpc) is 2.09. The van der Waals surface area contributed by atoms with Crippen molar-refractivity contribution in [1.29, 1.82) is 0 Å². The molecule has 0 aromatic carbocycles. The van der Waals surface area contributed by atoms with Gasteiger partial charge in [0.2, 0.25) is 5.95 Å². The zero-order valence-electron chi connectivity index (χ0n) is 8.93. The lowest BCUT2D eigenvalue weighted by molar-refractivity contribution is 1.12. The van der Waals surface area contributed by atoms with Crippen molar-refractivity contribution in [3.63, 3.8) is 0 Å². The lowest BCUT2D eigenvalue weighted by atomic mass is 10.5. The number of anilines is 1. The van der Waals surface area contributed by atoms with Gasteiger partial charge in [-0.25, -0.2) is 9.97 Å². The van der Waals surface area contributed by atoms with Crippen LogP contribution in [-0.2, 0) is 0 Å². The normalized spacial score (nSPS) is 7.54. The summed E-state index contributed by atoms with van der Waals surface area (Å²) in [4.78, 5) is 7.48. The summed E-state index contributed by atoms with van der Waals surface area (Å²) in [6.07, 6.45) is 0. The zero-order valence-corrected chi connectivity index (χ0v) is 9.68. The van der Waals surface area contributed by atoms with E-state index in [2.05, 4.69) is 9.97 Å². The molecule has 4 heteroatoms. The Morgan fingerprint density at radius 1 is 1.15 bits per heavy atom. The molecule has 13 heavy (non-hydrogen) atoms. The van der Waals surface area contributed by atoms with Gasteiger partial charge in [-0.05, 0) is 13.0 Å². The van der Waals surface area contributed by atoms with Gasteiger partial charge in [-0.3, -0.25) is 0 Å². The van der Waals surface area contributed by atoms with Crippen molar-refractivity contribution < 1.29 is 0 Å². The highest BCUT2D eigenvalue weighted by molar-refractivity contribution is 6.29. The maximum Gasteiger partial charge on any atom is 0.221 e. The molecule has 1 rings (SSSR count). The number of nitrogen functional groups attached to an aromatic ring is 1. The Labute approximate surface area is 85.4 Å². The molecule has 0 aliphatic rings. The minimum Gasteiger partial charge on any atom is -0.368 e. The van der Waals surface area contributed by atoms with Gasteiger partial charge in [0.05, 0.1) is 0 Å². The predicted octanol–water partition coefficient (Wildman–Crippen LogP) is 3.07. The zero-order chi connectivity index (χ0) is 10.9. The van der Waals surface area contributed by atoms with Crippen LogP contribution in [0, 0.1) is 6.92 Å². The van der Waals surface area contributed by atoms with Crippen LogP contribution in [0.25, 0.3) is 0 Å². The first-order chi connectivity index (χ1) is 6.18. The third-order valence-corrected chi connectivity index (χ3v) is 1.03.